The quantitative estimate of drug-likeness (QED) is 0.525. The Balaban J connectivity index is 1.51. The Morgan fingerprint density at radius 3 is 2.43 bits per heavy atom. The SMILES string of the molecule is Cc1c(C(=O)N(Cc2ccc(C(N)=O)cc2)C2CC2)oc2c1ccc1ccccc12. The normalized spacial score (nSPS) is 13.6. The minimum Gasteiger partial charge on any atom is -0.450 e. The van der Waals surface area contributed by atoms with Gasteiger partial charge in [0.2, 0.25) is 5.91 Å². The van der Waals surface area contributed by atoms with Gasteiger partial charge in [0.1, 0.15) is 5.58 Å². The van der Waals surface area contributed by atoms with Crippen LogP contribution in [0, 0.1) is 6.92 Å². The summed E-state index contributed by atoms with van der Waals surface area (Å²) in [6.45, 7) is 2.42. The first kappa shape index (κ1) is 18.4. The fourth-order valence-electron chi connectivity index (χ4n) is 4.01. The molecule has 0 radical (unpaired) electrons. The zero-order valence-corrected chi connectivity index (χ0v) is 16.7. The summed E-state index contributed by atoms with van der Waals surface area (Å²) in [6, 6.07) is 19.4. The van der Waals surface area contributed by atoms with Gasteiger partial charge >= 0.3 is 0 Å². The highest BCUT2D eigenvalue weighted by atomic mass is 16.3. The van der Waals surface area contributed by atoms with Gasteiger partial charge in [-0.15, -0.1) is 0 Å². The molecular weight excluding hydrogens is 376 g/mol. The number of hydrogen-bond donors (Lipinski definition) is 1. The molecule has 1 saturated carbocycles. The molecule has 1 aliphatic carbocycles. The number of carbonyl (C=O) groups is 2. The van der Waals surface area contributed by atoms with Crippen LogP contribution < -0.4 is 5.73 Å². The largest absolute Gasteiger partial charge is 0.450 e. The second-order valence-electron chi connectivity index (χ2n) is 7.94. The van der Waals surface area contributed by atoms with Gasteiger partial charge in [-0.05, 0) is 42.8 Å². The molecule has 0 spiro atoms. The molecule has 5 heteroatoms. The first-order chi connectivity index (χ1) is 14.5. The molecule has 0 saturated heterocycles. The molecule has 0 bridgehead atoms. The summed E-state index contributed by atoms with van der Waals surface area (Å²) < 4.78 is 6.17. The number of aryl methyl sites for hydroxylation is 1. The number of rotatable bonds is 5. The van der Waals surface area contributed by atoms with Crippen molar-refractivity contribution in [3.05, 3.63) is 83.1 Å². The van der Waals surface area contributed by atoms with Gasteiger partial charge in [0.05, 0.1) is 0 Å². The number of nitrogens with two attached hydrogens (primary N) is 1. The van der Waals surface area contributed by atoms with Crippen molar-refractivity contribution >= 4 is 33.6 Å². The van der Waals surface area contributed by atoms with Gasteiger partial charge < -0.3 is 15.1 Å². The van der Waals surface area contributed by atoms with Crippen LogP contribution in [0.5, 0.6) is 0 Å². The van der Waals surface area contributed by atoms with Gasteiger partial charge in [-0.2, -0.15) is 0 Å². The maximum absolute atomic E-state index is 13.5. The Bertz CT molecular complexity index is 1280. The molecule has 1 aliphatic rings. The third-order valence-electron chi connectivity index (χ3n) is 5.86. The summed E-state index contributed by atoms with van der Waals surface area (Å²) in [5, 5.41) is 3.07. The topological polar surface area (TPSA) is 76.5 Å². The molecule has 1 fully saturated rings. The second kappa shape index (κ2) is 7.02. The molecule has 2 N–H and O–H groups in total. The summed E-state index contributed by atoms with van der Waals surface area (Å²) in [5.41, 5.74) is 8.37. The average Bonchev–Trinajstić information content (AvgIpc) is 3.55. The van der Waals surface area contributed by atoms with E-state index in [0.29, 0.717) is 17.9 Å². The number of benzene rings is 3. The number of hydrogen-bond acceptors (Lipinski definition) is 3. The number of furan rings is 1. The van der Waals surface area contributed by atoms with Crippen molar-refractivity contribution in [3.8, 4) is 0 Å². The molecule has 2 amide bonds. The van der Waals surface area contributed by atoms with Crippen molar-refractivity contribution in [2.75, 3.05) is 0 Å². The summed E-state index contributed by atoms with van der Waals surface area (Å²) in [4.78, 5) is 26.7. The molecule has 30 heavy (non-hydrogen) atoms. The van der Waals surface area contributed by atoms with E-state index < -0.39 is 5.91 Å². The molecule has 4 aromatic rings. The van der Waals surface area contributed by atoms with Gasteiger partial charge in [-0.25, -0.2) is 0 Å². The minimum absolute atomic E-state index is 0.0886. The third-order valence-corrected chi connectivity index (χ3v) is 5.86. The van der Waals surface area contributed by atoms with Crippen LogP contribution in [0.4, 0.5) is 0 Å². The van der Waals surface area contributed by atoms with Crippen molar-refractivity contribution in [1.82, 2.24) is 4.90 Å². The predicted molar refractivity (Wildman–Crippen MR) is 116 cm³/mol. The smallest absolute Gasteiger partial charge is 0.290 e. The fourth-order valence-corrected chi connectivity index (χ4v) is 4.01. The lowest BCUT2D eigenvalue weighted by Crippen LogP contribution is -2.32. The van der Waals surface area contributed by atoms with E-state index in [2.05, 4.69) is 6.07 Å². The van der Waals surface area contributed by atoms with E-state index in [0.717, 1.165) is 45.7 Å². The monoisotopic (exact) mass is 398 g/mol. The molecule has 5 nitrogen and oxygen atoms in total. The Morgan fingerprint density at radius 1 is 1.00 bits per heavy atom. The van der Waals surface area contributed by atoms with E-state index in [-0.39, 0.29) is 11.9 Å². The number of amides is 2. The lowest BCUT2D eigenvalue weighted by atomic mass is 10.1. The minimum atomic E-state index is -0.457. The molecule has 5 rings (SSSR count). The van der Waals surface area contributed by atoms with Gasteiger partial charge in [0.25, 0.3) is 5.91 Å². The van der Waals surface area contributed by atoms with Crippen LogP contribution in [0.2, 0.25) is 0 Å². The van der Waals surface area contributed by atoms with E-state index in [9.17, 15) is 9.59 Å². The molecule has 3 aromatic carbocycles. The van der Waals surface area contributed by atoms with Gasteiger partial charge in [-0.3, -0.25) is 9.59 Å². The van der Waals surface area contributed by atoms with Crippen LogP contribution in [0.15, 0.2) is 65.1 Å². The number of primary amides is 1. The van der Waals surface area contributed by atoms with Crippen LogP contribution in [0.1, 0.15) is 44.9 Å². The van der Waals surface area contributed by atoms with Crippen molar-refractivity contribution in [2.45, 2.75) is 32.4 Å². The van der Waals surface area contributed by atoms with Crippen molar-refractivity contribution in [3.63, 3.8) is 0 Å². The summed E-state index contributed by atoms with van der Waals surface area (Å²) in [7, 11) is 0. The van der Waals surface area contributed by atoms with E-state index in [1.807, 2.05) is 54.3 Å². The average molecular weight is 398 g/mol. The summed E-state index contributed by atoms with van der Waals surface area (Å²) in [6.07, 6.45) is 1.99. The van der Waals surface area contributed by atoms with Crippen molar-refractivity contribution in [2.24, 2.45) is 5.73 Å². The fraction of sp³-hybridized carbons (Fsp3) is 0.200. The molecule has 1 heterocycles. The first-order valence-electron chi connectivity index (χ1n) is 10.1. The number of carbonyl (C=O) groups excluding carboxylic acids is 2. The molecule has 0 aliphatic heterocycles. The van der Waals surface area contributed by atoms with Crippen molar-refractivity contribution < 1.29 is 14.0 Å². The van der Waals surface area contributed by atoms with E-state index in [1.165, 1.54) is 0 Å². The van der Waals surface area contributed by atoms with Crippen LogP contribution in [-0.2, 0) is 6.54 Å². The maximum atomic E-state index is 13.5. The number of fused-ring (bicyclic) bond motifs is 3. The molecular formula is C25H22N2O3. The van der Waals surface area contributed by atoms with Gasteiger partial charge in [0, 0.05) is 34.5 Å². The van der Waals surface area contributed by atoms with Crippen molar-refractivity contribution in [1.29, 1.82) is 0 Å². The van der Waals surface area contributed by atoms with E-state index in [4.69, 9.17) is 10.2 Å². The molecule has 0 atom stereocenters. The third kappa shape index (κ3) is 3.12. The Morgan fingerprint density at radius 2 is 1.73 bits per heavy atom. The summed E-state index contributed by atoms with van der Waals surface area (Å²) in [5.74, 6) is -0.141. The van der Waals surface area contributed by atoms with Crippen LogP contribution in [0.3, 0.4) is 0 Å². The Labute approximate surface area is 174 Å². The van der Waals surface area contributed by atoms with E-state index >= 15 is 0 Å². The highest BCUT2D eigenvalue weighted by Crippen LogP contribution is 2.35. The maximum Gasteiger partial charge on any atom is 0.290 e. The molecule has 150 valence electrons. The lowest BCUT2D eigenvalue weighted by molar-refractivity contribution is 0.0698. The van der Waals surface area contributed by atoms with Crippen LogP contribution >= 0.6 is 0 Å². The predicted octanol–water partition coefficient (Wildman–Crippen LogP) is 4.80. The van der Waals surface area contributed by atoms with Crippen LogP contribution in [0.25, 0.3) is 21.7 Å². The highest BCUT2D eigenvalue weighted by molar-refractivity contribution is 6.09. The second-order valence-corrected chi connectivity index (χ2v) is 7.94. The number of nitrogens with zero attached hydrogens (tertiary/aromatic N) is 1. The van der Waals surface area contributed by atoms with Gasteiger partial charge in [-0.1, -0.05) is 48.5 Å². The lowest BCUT2D eigenvalue weighted by Gasteiger charge is -2.22. The molecule has 1 aromatic heterocycles. The summed E-state index contributed by atoms with van der Waals surface area (Å²) >= 11 is 0. The highest BCUT2D eigenvalue weighted by Gasteiger charge is 2.35. The first-order valence-corrected chi connectivity index (χ1v) is 10.1. The Kier molecular flexibility index (Phi) is 4.31. The Hall–Kier alpha value is -3.60. The standard InChI is InChI=1S/C25H22N2O3/c1-15-20-13-10-17-4-2-3-5-21(17)23(20)30-22(15)25(29)27(19-11-12-19)14-16-6-8-18(9-7-16)24(26)28/h2-10,13,19H,11-12,14H2,1H3,(H2,26,28). The van der Waals surface area contributed by atoms with Crippen LogP contribution in [-0.4, -0.2) is 22.8 Å². The zero-order chi connectivity index (χ0) is 20.8. The molecule has 0 unspecified atom stereocenters. The zero-order valence-electron chi connectivity index (χ0n) is 16.7. The van der Waals surface area contributed by atoms with E-state index in [1.54, 1.807) is 12.1 Å². The van der Waals surface area contributed by atoms with Gasteiger partial charge in [0.15, 0.2) is 5.76 Å².